The topological polar surface area (TPSA) is 55.1 Å². The molecule has 1 N–H and O–H groups in total. The van der Waals surface area contributed by atoms with Crippen LogP contribution < -0.4 is 0 Å². The van der Waals surface area contributed by atoms with Crippen molar-refractivity contribution in [1.82, 2.24) is 9.55 Å². The van der Waals surface area contributed by atoms with Crippen LogP contribution in [0.3, 0.4) is 0 Å². The van der Waals surface area contributed by atoms with Gasteiger partial charge in [0.1, 0.15) is 5.82 Å². The summed E-state index contributed by atoms with van der Waals surface area (Å²) in [7, 11) is 0. The predicted octanol–water partition coefficient (Wildman–Crippen LogP) is 4.53. The summed E-state index contributed by atoms with van der Waals surface area (Å²) in [5.41, 5.74) is 2.06. The second-order valence-corrected chi connectivity index (χ2v) is 6.15. The largest absolute Gasteiger partial charge is 0.478 e. The lowest BCUT2D eigenvalue weighted by Gasteiger charge is -2.10. The van der Waals surface area contributed by atoms with E-state index in [2.05, 4.69) is 4.98 Å². The van der Waals surface area contributed by atoms with Crippen LogP contribution in [0.5, 0.6) is 0 Å². The molecule has 0 spiro atoms. The minimum Gasteiger partial charge on any atom is -0.478 e. The molecule has 6 heteroatoms. The number of halogens is 2. The van der Waals surface area contributed by atoms with E-state index in [4.69, 9.17) is 28.3 Å². The number of carboxylic acid groups (broad SMARTS) is 1. The van der Waals surface area contributed by atoms with Crippen LogP contribution in [0.25, 0.3) is 0 Å². The van der Waals surface area contributed by atoms with Crippen molar-refractivity contribution >= 4 is 29.2 Å². The molecule has 0 aliphatic carbocycles. The van der Waals surface area contributed by atoms with Crippen molar-refractivity contribution in [2.24, 2.45) is 0 Å². The van der Waals surface area contributed by atoms with E-state index in [9.17, 15) is 4.79 Å². The Labute approximate surface area is 149 Å². The summed E-state index contributed by atoms with van der Waals surface area (Å²) in [5.74, 6) is -0.103. The van der Waals surface area contributed by atoms with Crippen LogP contribution in [-0.4, -0.2) is 20.6 Å². The molecular formula is C18H14Cl2N2O2. The first-order valence-electron chi connectivity index (χ1n) is 7.29. The fourth-order valence-electron chi connectivity index (χ4n) is 2.51. The lowest BCUT2D eigenvalue weighted by Crippen LogP contribution is -2.06. The molecular weight excluding hydrogens is 347 g/mol. The van der Waals surface area contributed by atoms with Gasteiger partial charge in [0.2, 0.25) is 0 Å². The zero-order valence-electron chi connectivity index (χ0n) is 12.6. The number of rotatable bonds is 5. The molecule has 3 rings (SSSR count). The highest BCUT2D eigenvalue weighted by Gasteiger charge is 2.10. The monoisotopic (exact) mass is 360 g/mol. The van der Waals surface area contributed by atoms with E-state index in [1.807, 2.05) is 29.0 Å². The first kappa shape index (κ1) is 16.6. The Morgan fingerprint density at radius 2 is 1.96 bits per heavy atom. The Morgan fingerprint density at radius 3 is 2.75 bits per heavy atom. The Morgan fingerprint density at radius 1 is 1.17 bits per heavy atom. The van der Waals surface area contributed by atoms with E-state index in [1.165, 1.54) is 0 Å². The summed E-state index contributed by atoms with van der Waals surface area (Å²) in [6.07, 6.45) is 4.13. The third-order valence-corrected chi connectivity index (χ3v) is 4.57. The molecule has 0 radical (unpaired) electrons. The number of hydrogen-bond acceptors (Lipinski definition) is 2. The quantitative estimate of drug-likeness (QED) is 0.727. The number of benzene rings is 2. The van der Waals surface area contributed by atoms with Crippen LogP contribution in [0.15, 0.2) is 54.9 Å². The van der Waals surface area contributed by atoms with Crippen LogP contribution in [-0.2, 0) is 13.0 Å². The van der Waals surface area contributed by atoms with Gasteiger partial charge in [-0.1, -0.05) is 47.5 Å². The van der Waals surface area contributed by atoms with Crippen molar-refractivity contribution in [1.29, 1.82) is 0 Å². The molecule has 0 unspecified atom stereocenters. The first-order valence-corrected chi connectivity index (χ1v) is 8.05. The van der Waals surface area contributed by atoms with Gasteiger partial charge in [-0.15, -0.1) is 0 Å². The van der Waals surface area contributed by atoms with E-state index in [0.29, 0.717) is 23.0 Å². The van der Waals surface area contributed by atoms with E-state index >= 15 is 0 Å². The fourth-order valence-corrected chi connectivity index (χ4v) is 2.89. The van der Waals surface area contributed by atoms with Crippen LogP contribution in [0.4, 0.5) is 0 Å². The SMILES string of the molecule is O=C(O)c1cccc(Cn2ccnc2Cc2cccc(Cl)c2Cl)c1. The summed E-state index contributed by atoms with van der Waals surface area (Å²) in [4.78, 5) is 15.5. The van der Waals surface area contributed by atoms with Crippen molar-refractivity contribution in [3.63, 3.8) is 0 Å². The zero-order valence-corrected chi connectivity index (χ0v) is 14.1. The average Bonchev–Trinajstić information content (AvgIpc) is 2.99. The molecule has 0 atom stereocenters. The molecule has 1 heterocycles. The summed E-state index contributed by atoms with van der Waals surface area (Å²) in [6, 6.07) is 12.4. The van der Waals surface area contributed by atoms with Gasteiger partial charge in [0.05, 0.1) is 15.6 Å². The molecule has 3 aromatic rings. The highest BCUT2D eigenvalue weighted by molar-refractivity contribution is 6.42. The summed E-state index contributed by atoms with van der Waals surface area (Å²) in [5, 5.41) is 10.1. The molecule has 0 aliphatic rings. The normalized spacial score (nSPS) is 10.8. The van der Waals surface area contributed by atoms with Gasteiger partial charge in [-0.25, -0.2) is 9.78 Å². The van der Waals surface area contributed by atoms with Gasteiger partial charge in [0, 0.05) is 25.4 Å². The number of nitrogens with zero attached hydrogens (tertiary/aromatic N) is 2. The second kappa shape index (κ2) is 7.07. The van der Waals surface area contributed by atoms with Crippen molar-refractivity contribution in [3.8, 4) is 0 Å². The van der Waals surface area contributed by atoms with E-state index in [1.54, 1.807) is 30.5 Å². The maximum absolute atomic E-state index is 11.1. The van der Waals surface area contributed by atoms with Gasteiger partial charge in [-0.3, -0.25) is 0 Å². The van der Waals surface area contributed by atoms with Crippen LogP contribution in [0.1, 0.15) is 27.3 Å². The Hall–Kier alpha value is -2.30. The number of aromatic carboxylic acids is 1. The third-order valence-electron chi connectivity index (χ3n) is 3.71. The lowest BCUT2D eigenvalue weighted by atomic mass is 10.1. The van der Waals surface area contributed by atoms with Gasteiger partial charge in [-0.2, -0.15) is 0 Å². The highest BCUT2D eigenvalue weighted by atomic mass is 35.5. The summed E-state index contributed by atoms with van der Waals surface area (Å²) >= 11 is 12.3. The molecule has 2 aromatic carbocycles. The van der Waals surface area contributed by atoms with Gasteiger partial charge in [0.15, 0.2) is 0 Å². The zero-order chi connectivity index (χ0) is 17.1. The summed E-state index contributed by atoms with van der Waals surface area (Å²) in [6.45, 7) is 0.536. The minimum atomic E-state index is -0.937. The van der Waals surface area contributed by atoms with Crippen molar-refractivity contribution in [2.75, 3.05) is 0 Å². The average molecular weight is 361 g/mol. The fraction of sp³-hybridized carbons (Fsp3) is 0.111. The molecule has 0 aliphatic heterocycles. The summed E-state index contributed by atoms with van der Waals surface area (Å²) < 4.78 is 1.97. The van der Waals surface area contributed by atoms with Crippen LogP contribution in [0.2, 0.25) is 10.0 Å². The number of hydrogen-bond donors (Lipinski definition) is 1. The molecule has 0 amide bonds. The van der Waals surface area contributed by atoms with Crippen LogP contribution >= 0.6 is 23.2 Å². The van der Waals surface area contributed by atoms with E-state index in [0.717, 1.165) is 17.0 Å². The van der Waals surface area contributed by atoms with Crippen molar-refractivity contribution < 1.29 is 9.90 Å². The predicted molar refractivity (Wildman–Crippen MR) is 94.0 cm³/mol. The third kappa shape index (κ3) is 3.61. The number of imidazole rings is 1. The standard InChI is InChI=1S/C18H14Cl2N2O2/c19-15-6-2-4-13(17(15)20)10-16-21-7-8-22(16)11-12-3-1-5-14(9-12)18(23)24/h1-9H,10-11H2,(H,23,24). The van der Waals surface area contributed by atoms with Crippen LogP contribution in [0, 0.1) is 0 Å². The Kier molecular flexibility index (Phi) is 4.88. The smallest absolute Gasteiger partial charge is 0.335 e. The maximum atomic E-state index is 11.1. The maximum Gasteiger partial charge on any atom is 0.335 e. The minimum absolute atomic E-state index is 0.270. The van der Waals surface area contributed by atoms with Gasteiger partial charge in [-0.05, 0) is 29.3 Å². The Bertz CT molecular complexity index is 890. The Balaban J connectivity index is 1.84. The van der Waals surface area contributed by atoms with Gasteiger partial charge in [0.25, 0.3) is 0 Å². The number of aromatic nitrogens is 2. The molecule has 122 valence electrons. The van der Waals surface area contributed by atoms with Gasteiger partial charge < -0.3 is 9.67 Å². The molecule has 0 saturated carbocycles. The van der Waals surface area contributed by atoms with E-state index in [-0.39, 0.29) is 5.56 Å². The highest BCUT2D eigenvalue weighted by Crippen LogP contribution is 2.27. The van der Waals surface area contributed by atoms with Crippen molar-refractivity contribution in [2.45, 2.75) is 13.0 Å². The number of carboxylic acids is 1. The van der Waals surface area contributed by atoms with Crippen molar-refractivity contribution in [3.05, 3.63) is 87.4 Å². The lowest BCUT2D eigenvalue weighted by molar-refractivity contribution is 0.0696. The molecule has 4 nitrogen and oxygen atoms in total. The number of carbonyl (C=O) groups is 1. The first-order chi connectivity index (χ1) is 11.5. The van der Waals surface area contributed by atoms with E-state index < -0.39 is 5.97 Å². The molecule has 0 fully saturated rings. The van der Waals surface area contributed by atoms with Gasteiger partial charge >= 0.3 is 5.97 Å². The molecule has 0 bridgehead atoms. The molecule has 0 saturated heterocycles. The second-order valence-electron chi connectivity index (χ2n) is 5.37. The molecule has 1 aromatic heterocycles. The molecule has 24 heavy (non-hydrogen) atoms.